The summed E-state index contributed by atoms with van der Waals surface area (Å²) in [4.78, 5) is 0. The predicted molar refractivity (Wildman–Crippen MR) is 251 cm³/mol. The fraction of sp³-hybridized carbons (Fsp3) is 0.538. The molecule has 0 aliphatic carbocycles. The maximum atomic E-state index is 9.95. The Kier molecular flexibility index (Phi) is 22.2. The van der Waals surface area contributed by atoms with Crippen molar-refractivity contribution in [2.24, 2.45) is 23.7 Å². The second-order valence-corrected chi connectivity index (χ2v) is 17.8. The lowest BCUT2D eigenvalue weighted by Crippen LogP contribution is -2.20. The number of phenolic OH excluding ortho intramolecular Hbond substituents is 12. The summed E-state index contributed by atoms with van der Waals surface area (Å²) >= 11 is 0. The monoisotopic (exact) mass is 893 g/mol. The van der Waals surface area contributed by atoms with Crippen molar-refractivity contribution < 1.29 is 61.3 Å². The van der Waals surface area contributed by atoms with Crippen LogP contribution in [0, 0.1) is 23.7 Å². The van der Waals surface area contributed by atoms with Gasteiger partial charge in [0.15, 0.2) is 69.0 Å². The van der Waals surface area contributed by atoms with Crippen molar-refractivity contribution in [3.05, 3.63) is 70.8 Å². The van der Waals surface area contributed by atoms with E-state index >= 15 is 0 Å². The SMILES string of the molecule is CCCCCC[C@@H](Cc1cc(O)c(O)c(O)c1)[C@@H](CCCC)Cc1cc(O)c(O)c(O)c1.CCCCCC[C@H](Cc1cc(O)c(O)c(O)c1)[C@H](CCCC)Cc1cc(O)c(O)c(O)c1. The summed E-state index contributed by atoms with van der Waals surface area (Å²) < 4.78 is 0. The minimum absolute atomic E-state index is 0.248. The molecule has 4 rings (SSSR count). The molecular formula is C52H76O12. The van der Waals surface area contributed by atoms with E-state index in [9.17, 15) is 61.3 Å². The molecule has 0 heterocycles. The Hall–Kier alpha value is -5.52. The van der Waals surface area contributed by atoms with Crippen molar-refractivity contribution in [2.45, 2.75) is 156 Å². The number of unbranched alkanes of at least 4 members (excludes halogenated alkanes) is 8. The van der Waals surface area contributed by atoms with Crippen molar-refractivity contribution in [1.29, 1.82) is 0 Å². The van der Waals surface area contributed by atoms with Crippen molar-refractivity contribution in [1.82, 2.24) is 0 Å². The molecule has 0 fully saturated rings. The van der Waals surface area contributed by atoms with Crippen molar-refractivity contribution in [3.63, 3.8) is 0 Å². The summed E-state index contributed by atoms with van der Waals surface area (Å²) in [5.74, 6) is -3.69. The van der Waals surface area contributed by atoms with E-state index < -0.39 is 23.0 Å². The Morgan fingerprint density at radius 3 is 0.641 bits per heavy atom. The first-order valence-corrected chi connectivity index (χ1v) is 23.5. The lowest BCUT2D eigenvalue weighted by Gasteiger charge is -2.28. The highest BCUT2D eigenvalue weighted by atomic mass is 16.3. The van der Waals surface area contributed by atoms with Crippen LogP contribution in [0.2, 0.25) is 0 Å². The third-order valence-electron chi connectivity index (χ3n) is 12.6. The highest BCUT2D eigenvalue weighted by molar-refractivity contribution is 5.53. The van der Waals surface area contributed by atoms with Crippen LogP contribution in [-0.4, -0.2) is 61.3 Å². The van der Waals surface area contributed by atoms with E-state index in [0.29, 0.717) is 25.7 Å². The molecule has 12 heteroatoms. The molecule has 0 bridgehead atoms. The van der Waals surface area contributed by atoms with Crippen LogP contribution in [0.25, 0.3) is 0 Å². The summed E-state index contributed by atoms with van der Waals surface area (Å²) in [6.07, 6.45) is 19.7. The highest BCUT2D eigenvalue weighted by Crippen LogP contribution is 2.42. The Balaban J connectivity index is 0.000000340. The van der Waals surface area contributed by atoms with Crippen LogP contribution in [0.1, 0.15) is 153 Å². The van der Waals surface area contributed by atoms with Gasteiger partial charge in [-0.05, 0) is 146 Å². The fourth-order valence-corrected chi connectivity index (χ4v) is 8.94. The van der Waals surface area contributed by atoms with Gasteiger partial charge in [-0.25, -0.2) is 0 Å². The van der Waals surface area contributed by atoms with Crippen molar-refractivity contribution in [3.8, 4) is 69.0 Å². The first kappa shape index (κ1) is 52.8. The predicted octanol–water partition coefficient (Wildman–Crippen LogP) is 12.2. The fourth-order valence-electron chi connectivity index (χ4n) is 8.94. The van der Waals surface area contributed by atoms with E-state index in [0.717, 1.165) is 112 Å². The van der Waals surface area contributed by atoms with Gasteiger partial charge in [0.1, 0.15) is 0 Å². The van der Waals surface area contributed by atoms with Crippen molar-refractivity contribution in [2.75, 3.05) is 0 Å². The molecule has 64 heavy (non-hydrogen) atoms. The summed E-state index contributed by atoms with van der Waals surface area (Å²) in [5.41, 5.74) is 3.04. The van der Waals surface area contributed by atoms with Gasteiger partial charge >= 0.3 is 0 Å². The van der Waals surface area contributed by atoms with Gasteiger partial charge in [-0.2, -0.15) is 0 Å². The van der Waals surface area contributed by atoms with Gasteiger partial charge in [0.2, 0.25) is 0 Å². The van der Waals surface area contributed by atoms with Gasteiger partial charge in [-0.1, -0.05) is 105 Å². The quantitative estimate of drug-likeness (QED) is 0.0208. The molecule has 4 atom stereocenters. The minimum atomic E-state index is -0.509. The van der Waals surface area contributed by atoms with E-state index in [1.54, 1.807) is 0 Å². The summed E-state index contributed by atoms with van der Waals surface area (Å²) in [6.45, 7) is 8.63. The molecule has 0 radical (unpaired) electrons. The third kappa shape index (κ3) is 16.6. The van der Waals surface area contributed by atoms with E-state index in [1.165, 1.54) is 61.4 Å². The zero-order chi connectivity index (χ0) is 47.3. The Labute approximate surface area is 379 Å². The molecule has 0 aliphatic rings. The molecule has 0 unspecified atom stereocenters. The topological polar surface area (TPSA) is 243 Å². The first-order chi connectivity index (χ1) is 30.5. The van der Waals surface area contributed by atoms with E-state index in [4.69, 9.17) is 0 Å². The average Bonchev–Trinajstić information content (AvgIpc) is 3.25. The van der Waals surface area contributed by atoms with E-state index in [1.807, 2.05) is 0 Å². The van der Waals surface area contributed by atoms with Gasteiger partial charge in [0.05, 0.1) is 0 Å². The van der Waals surface area contributed by atoms with Crippen LogP contribution in [0.3, 0.4) is 0 Å². The number of hydrogen-bond donors (Lipinski definition) is 12. The van der Waals surface area contributed by atoms with Gasteiger partial charge in [-0.15, -0.1) is 0 Å². The zero-order valence-corrected chi connectivity index (χ0v) is 38.4. The number of aromatic hydroxyl groups is 12. The lowest BCUT2D eigenvalue weighted by atomic mass is 9.77. The third-order valence-corrected chi connectivity index (χ3v) is 12.6. The number of hydrogen-bond acceptors (Lipinski definition) is 12. The Bertz CT molecular complexity index is 1780. The zero-order valence-electron chi connectivity index (χ0n) is 38.4. The average molecular weight is 893 g/mol. The van der Waals surface area contributed by atoms with Crippen LogP contribution < -0.4 is 0 Å². The van der Waals surface area contributed by atoms with Gasteiger partial charge in [0.25, 0.3) is 0 Å². The van der Waals surface area contributed by atoms with Crippen molar-refractivity contribution >= 4 is 0 Å². The second kappa shape index (κ2) is 27.0. The largest absolute Gasteiger partial charge is 0.504 e. The van der Waals surface area contributed by atoms with Crippen LogP contribution in [-0.2, 0) is 25.7 Å². The van der Waals surface area contributed by atoms with Crippen LogP contribution >= 0.6 is 0 Å². The first-order valence-electron chi connectivity index (χ1n) is 23.5. The summed E-state index contributed by atoms with van der Waals surface area (Å²) in [6, 6.07) is 12.0. The number of rotatable bonds is 26. The van der Waals surface area contributed by atoms with Crippen LogP contribution in [0.4, 0.5) is 0 Å². The molecule has 356 valence electrons. The maximum Gasteiger partial charge on any atom is 0.200 e. The molecule has 0 aliphatic heterocycles. The minimum Gasteiger partial charge on any atom is -0.504 e. The molecular weight excluding hydrogens is 817 g/mol. The Morgan fingerprint density at radius 2 is 0.453 bits per heavy atom. The van der Waals surface area contributed by atoms with Gasteiger partial charge in [0, 0.05) is 0 Å². The molecule has 4 aromatic carbocycles. The summed E-state index contributed by atoms with van der Waals surface area (Å²) in [7, 11) is 0. The smallest absolute Gasteiger partial charge is 0.200 e. The summed E-state index contributed by atoms with van der Waals surface area (Å²) in [5, 5.41) is 118. The molecule has 12 N–H and O–H groups in total. The maximum absolute atomic E-state index is 9.95. The van der Waals surface area contributed by atoms with Gasteiger partial charge < -0.3 is 61.3 Å². The molecule has 0 aromatic heterocycles. The molecule has 4 aromatic rings. The number of benzene rings is 4. The number of phenols is 12. The van der Waals surface area contributed by atoms with E-state index in [2.05, 4.69) is 27.7 Å². The van der Waals surface area contributed by atoms with E-state index in [-0.39, 0.29) is 69.7 Å². The molecule has 0 amide bonds. The normalized spacial score (nSPS) is 13.2. The highest BCUT2D eigenvalue weighted by Gasteiger charge is 2.26. The molecule has 0 spiro atoms. The van der Waals surface area contributed by atoms with Gasteiger partial charge in [-0.3, -0.25) is 0 Å². The lowest BCUT2D eigenvalue weighted by molar-refractivity contribution is 0.274. The Morgan fingerprint density at radius 1 is 0.266 bits per heavy atom. The molecule has 0 saturated heterocycles. The molecule has 0 saturated carbocycles. The second-order valence-electron chi connectivity index (χ2n) is 17.8. The molecule has 12 nitrogen and oxygen atoms in total. The van der Waals surface area contributed by atoms with Crippen LogP contribution in [0.15, 0.2) is 48.5 Å². The standard InChI is InChI=1S/2C26H38O6/c2*1-3-5-7-8-10-20(12-18-15-23(29)26(32)24(30)16-18)19(9-6-4-2)11-17-13-21(27)25(31)22(28)14-17/h2*13-16,19-20,27-32H,3-12H2,1-2H3/t2*19-,20-/m10/s1. The van der Waals surface area contributed by atoms with Crippen LogP contribution in [0.5, 0.6) is 69.0 Å².